The predicted molar refractivity (Wildman–Crippen MR) is 166 cm³/mol. The Labute approximate surface area is 251 Å². The lowest BCUT2D eigenvalue weighted by Gasteiger charge is -2.24. The Bertz CT molecular complexity index is 1530. The third kappa shape index (κ3) is 7.12. The van der Waals surface area contributed by atoms with Crippen molar-refractivity contribution in [3.8, 4) is 28.0 Å². The second-order valence-corrected chi connectivity index (χ2v) is 11.9. The van der Waals surface area contributed by atoms with E-state index in [0.29, 0.717) is 32.8 Å². The van der Waals surface area contributed by atoms with Crippen LogP contribution in [0.15, 0.2) is 78.9 Å². The topological polar surface area (TPSA) is 38.3 Å². The van der Waals surface area contributed by atoms with E-state index in [1.165, 1.54) is 30.9 Å². The highest BCUT2D eigenvalue weighted by Gasteiger charge is 2.20. The Morgan fingerprint density at radius 1 is 0.878 bits per heavy atom. The SMILES string of the molecule is CC(C)NC(=O)c1ccc(-c2cc(Cl)cc(Cl)c2)c(COc2ccc(-c3ccccc3C3CCCCC3)c(F)c2)c1. The fourth-order valence-corrected chi connectivity index (χ4v) is 6.19. The van der Waals surface area contributed by atoms with Crippen molar-refractivity contribution in [1.29, 1.82) is 0 Å². The minimum absolute atomic E-state index is 0.00153. The van der Waals surface area contributed by atoms with Gasteiger partial charge in [-0.25, -0.2) is 4.39 Å². The summed E-state index contributed by atoms with van der Waals surface area (Å²) >= 11 is 12.6. The van der Waals surface area contributed by atoms with Gasteiger partial charge in [-0.05, 0) is 103 Å². The smallest absolute Gasteiger partial charge is 0.251 e. The number of hydrogen-bond acceptors (Lipinski definition) is 2. The van der Waals surface area contributed by atoms with Gasteiger partial charge in [0, 0.05) is 33.3 Å². The van der Waals surface area contributed by atoms with Crippen LogP contribution in [0.1, 0.15) is 73.4 Å². The van der Waals surface area contributed by atoms with Gasteiger partial charge in [-0.3, -0.25) is 4.79 Å². The molecule has 4 aromatic rings. The zero-order valence-electron chi connectivity index (χ0n) is 23.4. The first-order chi connectivity index (χ1) is 19.8. The molecule has 0 heterocycles. The molecule has 0 spiro atoms. The van der Waals surface area contributed by atoms with E-state index in [1.54, 1.807) is 30.3 Å². The summed E-state index contributed by atoms with van der Waals surface area (Å²) in [5.74, 6) is 0.379. The van der Waals surface area contributed by atoms with Crippen molar-refractivity contribution in [2.45, 2.75) is 64.5 Å². The Hall–Kier alpha value is -3.34. The minimum Gasteiger partial charge on any atom is -0.489 e. The molecule has 1 saturated carbocycles. The molecule has 0 aromatic heterocycles. The molecular weight excluding hydrogens is 556 g/mol. The monoisotopic (exact) mass is 589 g/mol. The summed E-state index contributed by atoms with van der Waals surface area (Å²) in [6.45, 7) is 3.95. The number of carbonyl (C=O) groups is 1. The fourth-order valence-electron chi connectivity index (χ4n) is 5.67. The molecule has 4 aromatic carbocycles. The van der Waals surface area contributed by atoms with Gasteiger partial charge in [0.2, 0.25) is 0 Å². The van der Waals surface area contributed by atoms with E-state index in [0.717, 1.165) is 35.1 Å². The number of amides is 1. The Balaban J connectivity index is 1.43. The summed E-state index contributed by atoms with van der Waals surface area (Å²) in [6, 6.07) is 24.0. The molecule has 1 amide bonds. The van der Waals surface area contributed by atoms with Crippen LogP contribution in [-0.2, 0) is 6.61 Å². The van der Waals surface area contributed by atoms with Gasteiger partial charge in [0.1, 0.15) is 18.2 Å². The first-order valence-electron chi connectivity index (χ1n) is 14.2. The highest BCUT2D eigenvalue weighted by molar-refractivity contribution is 6.35. The van der Waals surface area contributed by atoms with Gasteiger partial charge in [0.05, 0.1) is 0 Å². The maximum absolute atomic E-state index is 15.6. The Kier molecular flexibility index (Phi) is 9.32. The highest BCUT2D eigenvalue weighted by atomic mass is 35.5. The summed E-state index contributed by atoms with van der Waals surface area (Å²) in [4.78, 5) is 12.8. The van der Waals surface area contributed by atoms with Gasteiger partial charge in [-0.1, -0.05) is 72.8 Å². The largest absolute Gasteiger partial charge is 0.489 e. The lowest BCUT2D eigenvalue weighted by atomic mass is 9.81. The van der Waals surface area contributed by atoms with E-state index < -0.39 is 0 Å². The number of ether oxygens (including phenoxy) is 1. The first kappa shape index (κ1) is 29.2. The van der Waals surface area contributed by atoms with E-state index in [4.69, 9.17) is 27.9 Å². The minimum atomic E-state index is -0.322. The molecule has 0 saturated heterocycles. The molecule has 0 bridgehead atoms. The van der Waals surface area contributed by atoms with Gasteiger partial charge in [0.15, 0.2) is 0 Å². The maximum Gasteiger partial charge on any atom is 0.251 e. The summed E-state index contributed by atoms with van der Waals surface area (Å²) in [7, 11) is 0. The number of carbonyl (C=O) groups excluding carboxylic acids is 1. The molecular formula is C35H34Cl2FNO2. The second-order valence-electron chi connectivity index (χ2n) is 11.0. The molecule has 0 aliphatic heterocycles. The molecule has 6 heteroatoms. The van der Waals surface area contributed by atoms with Gasteiger partial charge < -0.3 is 10.1 Å². The van der Waals surface area contributed by atoms with Crippen LogP contribution in [0.4, 0.5) is 4.39 Å². The maximum atomic E-state index is 15.6. The average Bonchev–Trinajstić information content (AvgIpc) is 2.95. The molecule has 41 heavy (non-hydrogen) atoms. The van der Waals surface area contributed by atoms with Gasteiger partial charge in [0.25, 0.3) is 5.91 Å². The van der Waals surface area contributed by atoms with Crippen LogP contribution in [-0.4, -0.2) is 11.9 Å². The number of hydrogen-bond donors (Lipinski definition) is 1. The normalized spacial score (nSPS) is 13.8. The number of nitrogens with one attached hydrogen (secondary N) is 1. The zero-order valence-corrected chi connectivity index (χ0v) is 24.9. The lowest BCUT2D eigenvalue weighted by molar-refractivity contribution is 0.0943. The summed E-state index contributed by atoms with van der Waals surface area (Å²) in [5.41, 5.74) is 5.65. The standard InChI is InChI=1S/C35H34Cl2FNO2/c1-22(2)39-35(40)24-12-14-30(25-17-27(36)19-28(37)18-25)26(16-24)21-41-29-13-15-33(34(38)20-29)32-11-7-6-10-31(32)23-8-4-3-5-9-23/h6-7,10-20,22-23H,3-5,8-9,21H2,1-2H3,(H,39,40). The van der Waals surface area contributed by atoms with Gasteiger partial charge >= 0.3 is 0 Å². The lowest BCUT2D eigenvalue weighted by Crippen LogP contribution is -2.30. The van der Waals surface area contributed by atoms with Crippen molar-refractivity contribution in [1.82, 2.24) is 5.32 Å². The summed E-state index contributed by atoms with van der Waals surface area (Å²) < 4.78 is 21.7. The van der Waals surface area contributed by atoms with Crippen LogP contribution in [0.5, 0.6) is 5.75 Å². The second kappa shape index (κ2) is 13.1. The molecule has 0 unspecified atom stereocenters. The third-order valence-corrected chi connectivity index (χ3v) is 8.03. The molecule has 5 rings (SSSR count). The Morgan fingerprint density at radius 3 is 2.29 bits per heavy atom. The van der Waals surface area contributed by atoms with Crippen LogP contribution in [0.3, 0.4) is 0 Å². The first-order valence-corrected chi connectivity index (χ1v) is 15.0. The van der Waals surface area contributed by atoms with E-state index in [9.17, 15) is 4.79 Å². The van der Waals surface area contributed by atoms with Crippen LogP contribution < -0.4 is 10.1 Å². The van der Waals surface area contributed by atoms with E-state index >= 15 is 4.39 Å². The molecule has 3 nitrogen and oxygen atoms in total. The van der Waals surface area contributed by atoms with Crippen LogP contribution in [0.25, 0.3) is 22.3 Å². The van der Waals surface area contributed by atoms with Crippen molar-refractivity contribution in [3.63, 3.8) is 0 Å². The van der Waals surface area contributed by atoms with E-state index in [2.05, 4.69) is 11.4 Å². The molecule has 0 radical (unpaired) electrons. The van der Waals surface area contributed by atoms with Crippen LogP contribution >= 0.6 is 23.2 Å². The van der Waals surface area contributed by atoms with Crippen molar-refractivity contribution in [3.05, 3.63) is 111 Å². The molecule has 1 fully saturated rings. The zero-order chi connectivity index (χ0) is 28.9. The van der Waals surface area contributed by atoms with Crippen molar-refractivity contribution < 1.29 is 13.9 Å². The van der Waals surface area contributed by atoms with Crippen molar-refractivity contribution >= 4 is 29.1 Å². The van der Waals surface area contributed by atoms with E-state index in [1.807, 2.05) is 50.2 Å². The quantitative estimate of drug-likeness (QED) is 0.222. The summed E-state index contributed by atoms with van der Waals surface area (Å²) in [6.07, 6.45) is 6.01. The van der Waals surface area contributed by atoms with Gasteiger partial charge in [-0.15, -0.1) is 0 Å². The number of halogens is 3. The van der Waals surface area contributed by atoms with Crippen molar-refractivity contribution in [2.75, 3.05) is 0 Å². The Morgan fingerprint density at radius 2 is 1.59 bits per heavy atom. The van der Waals surface area contributed by atoms with Crippen LogP contribution in [0, 0.1) is 5.82 Å². The molecule has 1 aliphatic carbocycles. The van der Waals surface area contributed by atoms with E-state index in [-0.39, 0.29) is 24.4 Å². The van der Waals surface area contributed by atoms with Crippen molar-refractivity contribution in [2.24, 2.45) is 0 Å². The highest BCUT2D eigenvalue weighted by Crippen LogP contribution is 2.39. The van der Waals surface area contributed by atoms with Gasteiger partial charge in [-0.2, -0.15) is 0 Å². The predicted octanol–water partition coefficient (Wildman–Crippen LogP) is 10.2. The molecule has 0 atom stereocenters. The van der Waals surface area contributed by atoms with Crippen LogP contribution in [0.2, 0.25) is 10.0 Å². The number of rotatable bonds is 8. The fraction of sp³-hybridized carbons (Fsp3) is 0.286. The molecule has 212 valence electrons. The summed E-state index contributed by atoms with van der Waals surface area (Å²) in [5, 5.41) is 3.94. The third-order valence-electron chi connectivity index (χ3n) is 7.59. The molecule has 1 N–H and O–H groups in total. The average molecular weight is 591 g/mol. The molecule has 1 aliphatic rings. The number of benzene rings is 4.